The number of rotatable bonds is 6. The predicted molar refractivity (Wildman–Crippen MR) is 91.1 cm³/mol. The van der Waals surface area contributed by atoms with E-state index in [4.69, 9.17) is 4.74 Å². The van der Waals surface area contributed by atoms with Gasteiger partial charge in [0, 0.05) is 18.8 Å². The van der Waals surface area contributed by atoms with Crippen LogP contribution in [-0.2, 0) is 11.2 Å². The first-order valence-corrected chi connectivity index (χ1v) is 8.17. The summed E-state index contributed by atoms with van der Waals surface area (Å²) in [5, 5.41) is 14.7. The van der Waals surface area contributed by atoms with Gasteiger partial charge in [-0.3, -0.25) is 0 Å². The lowest BCUT2D eigenvalue weighted by Crippen LogP contribution is -2.20. The average molecular weight is 313 g/mol. The Balaban J connectivity index is 1.70. The summed E-state index contributed by atoms with van der Waals surface area (Å²) >= 11 is 0. The Bertz CT molecular complexity index is 655. The second kappa shape index (κ2) is 7.37. The number of hydrogen-bond donors (Lipinski definition) is 2. The van der Waals surface area contributed by atoms with E-state index < -0.39 is 0 Å². The molecule has 1 aromatic carbocycles. The van der Waals surface area contributed by atoms with Crippen molar-refractivity contribution < 1.29 is 4.74 Å². The molecular weight excluding hydrogens is 290 g/mol. The number of hydrogen-bond acceptors (Lipinski definition) is 6. The standard InChI is InChI=1S/C17H23N5O/c1-3-13-7-4-6-12(2)16(13)20-15-11-19-22-17(21-15)18-10-14-8-5-9-23-14/h4,6-7,11,14H,3,5,8-10H2,1-2H3,(H2,18,20,21,22). The van der Waals surface area contributed by atoms with Crippen LogP contribution >= 0.6 is 0 Å². The van der Waals surface area contributed by atoms with Gasteiger partial charge in [-0.1, -0.05) is 25.1 Å². The number of aryl methyl sites for hydroxylation is 2. The Morgan fingerprint density at radius 1 is 1.35 bits per heavy atom. The summed E-state index contributed by atoms with van der Waals surface area (Å²) in [7, 11) is 0. The van der Waals surface area contributed by atoms with Crippen LogP contribution in [0.4, 0.5) is 17.5 Å². The molecule has 0 saturated carbocycles. The van der Waals surface area contributed by atoms with E-state index in [1.165, 1.54) is 11.1 Å². The molecule has 122 valence electrons. The molecule has 0 amide bonds. The average Bonchev–Trinajstić information content (AvgIpc) is 3.09. The van der Waals surface area contributed by atoms with Gasteiger partial charge in [0.15, 0.2) is 5.82 Å². The monoisotopic (exact) mass is 313 g/mol. The molecule has 23 heavy (non-hydrogen) atoms. The van der Waals surface area contributed by atoms with Gasteiger partial charge in [0.05, 0.1) is 12.3 Å². The van der Waals surface area contributed by atoms with Gasteiger partial charge in [0.25, 0.3) is 0 Å². The van der Waals surface area contributed by atoms with Crippen molar-refractivity contribution in [1.82, 2.24) is 15.2 Å². The second-order valence-electron chi connectivity index (χ2n) is 5.77. The molecule has 3 rings (SSSR count). The topological polar surface area (TPSA) is 72.0 Å². The molecule has 0 radical (unpaired) electrons. The lowest BCUT2D eigenvalue weighted by molar-refractivity contribution is 0.120. The molecule has 6 heteroatoms. The number of nitrogens with one attached hydrogen (secondary N) is 2. The first kappa shape index (κ1) is 15.7. The smallest absolute Gasteiger partial charge is 0.244 e. The van der Waals surface area contributed by atoms with E-state index in [1.807, 2.05) is 0 Å². The molecule has 1 fully saturated rings. The van der Waals surface area contributed by atoms with Crippen LogP contribution in [0.3, 0.4) is 0 Å². The van der Waals surface area contributed by atoms with Gasteiger partial charge in [-0.15, -0.1) is 5.10 Å². The predicted octanol–water partition coefficient (Wildman–Crippen LogP) is 3.08. The molecule has 2 aromatic rings. The molecule has 0 spiro atoms. The minimum absolute atomic E-state index is 0.248. The van der Waals surface area contributed by atoms with E-state index >= 15 is 0 Å². The highest BCUT2D eigenvalue weighted by atomic mass is 16.5. The van der Waals surface area contributed by atoms with E-state index in [2.05, 4.69) is 57.9 Å². The Morgan fingerprint density at radius 2 is 2.26 bits per heavy atom. The lowest BCUT2D eigenvalue weighted by Gasteiger charge is -2.14. The summed E-state index contributed by atoms with van der Waals surface area (Å²) in [4.78, 5) is 4.49. The van der Waals surface area contributed by atoms with Crippen molar-refractivity contribution in [2.24, 2.45) is 0 Å². The van der Waals surface area contributed by atoms with E-state index in [9.17, 15) is 0 Å². The molecule has 1 atom stereocenters. The van der Waals surface area contributed by atoms with Crippen LogP contribution in [0.2, 0.25) is 0 Å². The highest BCUT2D eigenvalue weighted by molar-refractivity contribution is 5.64. The van der Waals surface area contributed by atoms with Crippen molar-refractivity contribution in [2.45, 2.75) is 39.2 Å². The molecule has 1 saturated heterocycles. The van der Waals surface area contributed by atoms with Gasteiger partial charge in [-0.2, -0.15) is 10.1 Å². The largest absolute Gasteiger partial charge is 0.376 e. The van der Waals surface area contributed by atoms with Crippen LogP contribution in [0.5, 0.6) is 0 Å². The van der Waals surface area contributed by atoms with Gasteiger partial charge in [-0.05, 0) is 37.3 Å². The van der Waals surface area contributed by atoms with Crippen LogP contribution in [0.15, 0.2) is 24.4 Å². The second-order valence-corrected chi connectivity index (χ2v) is 5.77. The number of anilines is 3. The van der Waals surface area contributed by atoms with Crippen molar-refractivity contribution >= 4 is 17.5 Å². The molecular formula is C17H23N5O. The summed E-state index contributed by atoms with van der Waals surface area (Å²) in [6.45, 7) is 5.80. The maximum atomic E-state index is 5.59. The van der Waals surface area contributed by atoms with Crippen LogP contribution < -0.4 is 10.6 Å². The molecule has 1 aromatic heterocycles. The van der Waals surface area contributed by atoms with Crippen LogP contribution in [0.25, 0.3) is 0 Å². The maximum Gasteiger partial charge on any atom is 0.244 e. The SMILES string of the molecule is CCc1cccc(C)c1Nc1cnnc(NCC2CCCO2)n1. The summed E-state index contributed by atoms with van der Waals surface area (Å²) in [5.74, 6) is 1.22. The minimum atomic E-state index is 0.248. The summed E-state index contributed by atoms with van der Waals surface area (Å²) in [6.07, 6.45) is 5.07. The Labute approximate surface area is 136 Å². The van der Waals surface area contributed by atoms with Gasteiger partial charge in [-0.25, -0.2) is 0 Å². The molecule has 0 bridgehead atoms. The van der Waals surface area contributed by atoms with Crippen molar-refractivity contribution in [2.75, 3.05) is 23.8 Å². The number of benzene rings is 1. The fourth-order valence-electron chi connectivity index (χ4n) is 2.78. The van der Waals surface area contributed by atoms with E-state index in [0.29, 0.717) is 11.8 Å². The molecule has 1 unspecified atom stereocenters. The summed E-state index contributed by atoms with van der Waals surface area (Å²) in [5.41, 5.74) is 3.55. The number of ether oxygens (including phenoxy) is 1. The first-order valence-electron chi connectivity index (χ1n) is 8.17. The van der Waals surface area contributed by atoms with Gasteiger partial charge in [0.1, 0.15) is 0 Å². The third-order valence-corrected chi connectivity index (χ3v) is 4.06. The maximum absolute atomic E-state index is 5.59. The number of aromatic nitrogens is 3. The van der Waals surface area contributed by atoms with Crippen molar-refractivity contribution in [1.29, 1.82) is 0 Å². The third-order valence-electron chi connectivity index (χ3n) is 4.06. The summed E-state index contributed by atoms with van der Waals surface area (Å²) < 4.78 is 5.59. The highest BCUT2D eigenvalue weighted by Crippen LogP contribution is 2.24. The van der Waals surface area contributed by atoms with Crippen LogP contribution in [0, 0.1) is 6.92 Å². The first-order chi connectivity index (χ1) is 11.3. The molecule has 1 aliphatic rings. The van der Waals surface area contributed by atoms with Gasteiger partial charge < -0.3 is 15.4 Å². The molecule has 6 nitrogen and oxygen atoms in total. The minimum Gasteiger partial charge on any atom is -0.376 e. The summed E-state index contributed by atoms with van der Waals surface area (Å²) in [6, 6.07) is 6.29. The zero-order valence-electron chi connectivity index (χ0n) is 13.7. The lowest BCUT2D eigenvalue weighted by atomic mass is 10.1. The van der Waals surface area contributed by atoms with Gasteiger partial charge >= 0.3 is 0 Å². The third kappa shape index (κ3) is 3.96. The van der Waals surface area contributed by atoms with E-state index in [0.717, 1.165) is 38.1 Å². The van der Waals surface area contributed by atoms with Crippen molar-refractivity contribution in [3.63, 3.8) is 0 Å². The van der Waals surface area contributed by atoms with E-state index in [-0.39, 0.29) is 6.10 Å². The Morgan fingerprint density at radius 3 is 3.04 bits per heavy atom. The normalized spacial score (nSPS) is 17.2. The Kier molecular flexibility index (Phi) is 5.02. The van der Waals surface area contributed by atoms with Crippen LogP contribution in [0.1, 0.15) is 30.9 Å². The zero-order chi connectivity index (χ0) is 16.1. The van der Waals surface area contributed by atoms with Crippen molar-refractivity contribution in [3.05, 3.63) is 35.5 Å². The molecule has 2 N–H and O–H groups in total. The fourth-order valence-corrected chi connectivity index (χ4v) is 2.78. The number of nitrogens with zero attached hydrogens (tertiary/aromatic N) is 3. The fraction of sp³-hybridized carbons (Fsp3) is 0.471. The highest BCUT2D eigenvalue weighted by Gasteiger charge is 2.15. The zero-order valence-corrected chi connectivity index (χ0v) is 13.7. The van der Waals surface area contributed by atoms with Crippen molar-refractivity contribution in [3.8, 4) is 0 Å². The molecule has 2 heterocycles. The molecule has 0 aliphatic carbocycles. The number of para-hydroxylation sites is 1. The van der Waals surface area contributed by atoms with Crippen LogP contribution in [-0.4, -0.2) is 34.4 Å². The van der Waals surface area contributed by atoms with E-state index in [1.54, 1.807) is 6.20 Å². The molecule has 1 aliphatic heterocycles. The van der Waals surface area contributed by atoms with Gasteiger partial charge in [0.2, 0.25) is 5.95 Å². The Hall–Kier alpha value is -2.21. The quantitative estimate of drug-likeness (QED) is 0.854.